The zero-order valence-corrected chi connectivity index (χ0v) is 5.00. The van der Waals surface area contributed by atoms with Crippen LogP contribution in [-0.2, 0) is 0 Å². The fraction of sp³-hybridized carbons (Fsp3) is 0.167. The Morgan fingerprint density at radius 1 is 1.44 bits per heavy atom. The highest BCUT2D eigenvalue weighted by atomic mass is 16.3. The van der Waals surface area contributed by atoms with Crippen molar-refractivity contribution in [2.45, 2.75) is 6.92 Å². The molecule has 0 aliphatic heterocycles. The van der Waals surface area contributed by atoms with Crippen molar-refractivity contribution in [2.75, 3.05) is 0 Å². The van der Waals surface area contributed by atoms with Crippen molar-refractivity contribution in [1.82, 2.24) is 4.98 Å². The summed E-state index contributed by atoms with van der Waals surface area (Å²) in [5, 5.41) is 17.6. The van der Waals surface area contributed by atoms with Gasteiger partial charge in [-0.25, -0.2) is 0 Å². The van der Waals surface area contributed by atoms with Crippen LogP contribution in [0.1, 0.15) is 5.69 Å². The molecule has 1 aromatic heterocycles. The molecule has 0 aromatic carbocycles. The highest BCUT2D eigenvalue weighted by Crippen LogP contribution is 2.17. The molecule has 0 aliphatic rings. The Balaban J connectivity index is 3.17. The van der Waals surface area contributed by atoms with E-state index in [-0.39, 0.29) is 11.5 Å². The number of hydrogen-bond donors (Lipinski definition) is 2. The van der Waals surface area contributed by atoms with Crippen LogP contribution >= 0.6 is 0 Å². The Hall–Kier alpha value is -1.25. The number of rotatable bonds is 0. The summed E-state index contributed by atoms with van der Waals surface area (Å²) >= 11 is 0. The van der Waals surface area contributed by atoms with Crippen molar-refractivity contribution in [3.05, 3.63) is 18.0 Å². The molecular formula is C6H7NO2. The van der Waals surface area contributed by atoms with E-state index in [0.717, 1.165) is 0 Å². The third-order valence-corrected chi connectivity index (χ3v) is 1.05. The molecule has 0 bridgehead atoms. The molecule has 1 rings (SSSR count). The molecule has 0 saturated carbocycles. The lowest BCUT2D eigenvalue weighted by molar-refractivity contribution is 0.442. The topological polar surface area (TPSA) is 53.4 Å². The number of aromatic hydroxyl groups is 2. The van der Waals surface area contributed by atoms with Gasteiger partial charge in [0.1, 0.15) is 11.5 Å². The van der Waals surface area contributed by atoms with Gasteiger partial charge in [0.25, 0.3) is 0 Å². The van der Waals surface area contributed by atoms with Crippen molar-refractivity contribution < 1.29 is 10.2 Å². The lowest BCUT2D eigenvalue weighted by Gasteiger charge is -1.95. The molecule has 0 saturated heterocycles. The Morgan fingerprint density at radius 2 is 2.11 bits per heavy atom. The van der Waals surface area contributed by atoms with Crippen LogP contribution in [0, 0.1) is 6.92 Å². The van der Waals surface area contributed by atoms with E-state index in [2.05, 4.69) is 4.98 Å². The standard InChI is InChI=1S/C6H7NO2/c1-4-6(9)2-5(8)3-7-4/h2-3,8-9H,1H3. The van der Waals surface area contributed by atoms with Crippen molar-refractivity contribution in [3.63, 3.8) is 0 Å². The average molecular weight is 125 g/mol. The van der Waals surface area contributed by atoms with E-state index in [1.165, 1.54) is 12.3 Å². The average Bonchev–Trinajstić information content (AvgIpc) is 1.80. The van der Waals surface area contributed by atoms with Crippen molar-refractivity contribution in [3.8, 4) is 11.5 Å². The van der Waals surface area contributed by atoms with E-state index in [4.69, 9.17) is 10.2 Å². The summed E-state index contributed by atoms with van der Waals surface area (Å²) in [6.45, 7) is 1.66. The fourth-order valence-corrected chi connectivity index (χ4v) is 0.511. The Bertz CT molecular complexity index is 222. The SMILES string of the molecule is Cc1ncc(O)cc1O. The van der Waals surface area contributed by atoms with E-state index in [1.54, 1.807) is 6.92 Å². The second kappa shape index (κ2) is 1.93. The van der Waals surface area contributed by atoms with Crippen LogP contribution in [0.4, 0.5) is 0 Å². The number of hydrogen-bond acceptors (Lipinski definition) is 3. The minimum atomic E-state index is -0.0156. The van der Waals surface area contributed by atoms with Crippen LogP contribution < -0.4 is 0 Å². The molecule has 3 heteroatoms. The molecule has 1 heterocycles. The van der Waals surface area contributed by atoms with Crippen molar-refractivity contribution in [1.29, 1.82) is 0 Å². The lowest BCUT2D eigenvalue weighted by Crippen LogP contribution is -1.78. The Labute approximate surface area is 52.6 Å². The molecule has 0 radical (unpaired) electrons. The summed E-state index contributed by atoms with van der Waals surface area (Å²) in [4.78, 5) is 3.68. The Morgan fingerprint density at radius 3 is 2.56 bits per heavy atom. The lowest BCUT2D eigenvalue weighted by atomic mass is 10.3. The predicted octanol–water partition coefficient (Wildman–Crippen LogP) is 0.801. The third-order valence-electron chi connectivity index (χ3n) is 1.05. The van der Waals surface area contributed by atoms with Crippen molar-refractivity contribution in [2.24, 2.45) is 0 Å². The van der Waals surface area contributed by atoms with Crippen LogP contribution in [0.3, 0.4) is 0 Å². The Kier molecular flexibility index (Phi) is 1.26. The van der Waals surface area contributed by atoms with Gasteiger partial charge in [-0.2, -0.15) is 0 Å². The summed E-state index contributed by atoms with van der Waals surface area (Å²) in [7, 11) is 0. The van der Waals surface area contributed by atoms with Gasteiger partial charge < -0.3 is 10.2 Å². The van der Waals surface area contributed by atoms with Crippen LogP contribution in [-0.4, -0.2) is 15.2 Å². The summed E-state index contributed by atoms with van der Waals surface area (Å²) in [5.41, 5.74) is 0.521. The van der Waals surface area contributed by atoms with Crippen LogP contribution in [0.2, 0.25) is 0 Å². The monoisotopic (exact) mass is 125 g/mol. The second-order valence-electron chi connectivity index (χ2n) is 1.80. The van der Waals surface area contributed by atoms with E-state index >= 15 is 0 Å². The molecule has 0 spiro atoms. The quantitative estimate of drug-likeness (QED) is 0.539. The van der Waals surface area contributed by atoms with Gasteiger partial charge in [0, 0.05) is 6.07 Å². The molecule has 0 amide bonds. The summed E-state index contributed by atoms with van der Waals surface area (Å²) in [5.74, 6) is 0.00750. The first-order chi connectivity index (χ1) is 4.20. The third kappa shape index (κ3) is 1.10. The molecule has 2 N–H and O–H groups in total. The van der Waals surface area contributed by atoms with Crippen LogP contribution in [0.25, 0.3) is 0 Å². The molecule has 9 heavy (non-hydrogen) atoms. The van der Waals surface area contributed by atoms with Gasteiger partial charge >= 0.3 is 0 Å². The van der Waals surface area contributed by atoms with E-state index < -0.39 is 0 Å². The predicted molar refractivity (Wildman–Crippen MR) is 32.3 cm³/mol. The van der Waals surface area contributed by atoms with Crippen LogP contribution in [0.15, 0.2) is 12.3 Å². The smallest absolute Gasteiger partial charge is 0.140 e. The van der Waals surface area contributed by atoms with Gasteiger partial charge in [0.15, 0.2) is 0 Å². The number of aromatic nitrogens is 1. The first kappa shape index (κ1) is 5.88. The molecule has 1 aromatic rings. The molecule has 48 valence electrons. The summed E-state index contributed by atoms with van der Waals surface area (Å²) in [6.07, 6.45) is 1.29. The zero-order chi connectivity index (χ0) is 6.85. The van der Waals surface area contributed by atoms with Gasteiger partial charge in [-0.1, -0.05) is 0 Å². The van der Waals surface area contributed by atoms with Gasteiger partial charge in [-0.15, -0.1) is 0 Å². The highest BCUT2D eigenvalue weighted by Gasteiger charge is 1.95. The van der Waals surface area contributed by atoms with Crippen molar-refractivity contribution >= 4 is 0 Å². The van der Waals surface area contributed by atoms with Gasteiger partial charge in [-0.05, 0) is 6.92 Å². The first-order valence-electron chi connectivity index (χ1n) is 2.55. The van der Waals surface area contributed by atoms with Gasteiger partial charge in [0.2, 0.25) is 0 Å². The molecule has 0 unspecified atom stereocenters. The van der Waals surface area contributed by atoms with Crippen LogP contribution in [0.5, 0.6) is 11.5 Å². The minimum absolute atomic E-state index is 0.0156. The van der Waals surface area contributed by atoms with Gasteiger partial charge in [-0.3, -0.25) is 4.98 Å². The number of nitrogens with zero attached hydrogens (tertiary/aromatic N) is 1. The molecule has 0 fully saturated rings. The van der Waals surface area contributed by atoms with E-state index in [0.29, 0.717) is 5.69 Å². The van der Waals surface area contributed by atoms with Gasteiger partial charge in [0.05, 0.1) is 11.9 Å². The second-order valence-corrected chi connectivity index (χ2v) is 1.80. The number of aryl methyl sites for hydroxylation is 1. The maximum atomic E-state index is 8.88. The number of pyridine rings is 1. The minimum Gasteiger partial charge on any atom is -0.506 e. The molecule has 3 nitrogen and oxygen atoms in total. The summed E-state index contributed by atoms with van der Waals surface area (Å²) in [6, 6.07) is 1.25. The largest absolute Gasteiger partial charge is 0.506 e. The van der Waals surface area contributed by atoms with E-state index in [1.807, 2.05) is 0 Å². The highest BCUT2D eigenvalue weighted by molar-refractivity contribution is 5.31. The normalized spacial score (nSPS) is 9.44. The first-order valence-corrected chi connectivity index (χ1v) is 2.55. The fourth-order valence-electron chi connectivity index (χ4n) is 0.511. The molecule has 0 atom stereocenters. The zero-order valence-electron chi connectivity index (χ0n) is 5.00. The van der Waals surface area contributed by atoms with E-state index in [9.17, 15) is 0 Å². The maximum Gasteiger partial charge on any atom is 0.140 e. The summed E-state index contributed by atoms with van der Waals surface area (Å²) < 4.78 is 0. The maximum absolute atomic E-state index is 8.88. The molecule has 0 aliphatic carbocycles. The molecular weight excluding hydrogens is 118 g/mol.